The second-order valence-corrected chi connectivity index (χ2v) is 2.98. The van der Waals surface area contributed by atoms with E-state index in [9.17, 15) is 13.2 Å². The van der Waals surface area contributed by atoms with Crippen molar-refractivity contribution in [2.24, 2.45) is 11.5 Å². The van der Waals surface area contributed by atoms with Crippen molar-refractivity contribution in [3.63, 3.8) is 0 Å². The van der Waals surface area contributed by atoms with Gasteiger partial charge in [0.1, 0.15) is 11.5 Å². The van der Waals surface area contributed by atoms with Gasteiger partial charge in [0.05, 0.1) is 5.54 Å². The Morgan fingerprint density at radius 1 is 1.50 bits per heavy atom. The van der Waals surface area contributed by atoms with Gasteiger partial charge in [-0.05, 0) is 13.0 Å². The maximum Gasteiger partial charge on any atom is 0.175 e. The van der Waals surface area contributed by atoms with Crippen molar-refractivity contribution < 1.29 is 13.2 Å². The number of halogens is 3. The molecule has 0 bridgehead atoms. The minimum Gasteiger partial charge on any atom is -0.394 e. The monoisotopic (exact) mass is 178 g/mol. The number of hydrogen-bond donors (Lipinski definition) is 2. The van der Waals surface area contributed by atoms with Gasteiger partial charge in [0.2, 0.25) is 0 Å². The maximum atomic E-state index is 12.9. The highest BCUT2D eigenvalue weighted by atomic mass is 19.2. The molecule has 0 aromatic heterocycles. The van der Waals surface area contributed by atoms with E-state index >= 15 is 0 Å². The molecule has 0 fully saturated rings. The summed E-state index contributed by atoms with van der Waals surface area (Å²) in [5, 5.41) is 0. The summed E-state index contributed by atoms with van der Waals surface area (Å²) in [5.41, 5.74) is 7.69. The van der Waals surface area contributed by atoms with Gasteiger partial charge < -0.3 is 11.5 Å². The molecule has 0 aromatic carbocycles. The smallest absolute Gasteiger partial charge is 0.175 e. The predicted octanol–water partition coefficient (Wildman–Crippen LogP) is 1.05. The molecule has 0 aromatic rings. The Morgan fingerprint density at radius 3 is 2.50 bits per heavy atom. The third kappa shape index (κ3) is 1.20. The average molecular weight is 178 g/mol. The number of nitrogens with two attached hydrogens (primary N) is 2. The van der Waals surface area contributed by atoms with Crippen molar-refractivity contribution in [1.29, 1.82) is 0 Å². The third-order valence-corrected chi connectivity index (χ3v) is 1.72. The molecule has 1 aliphatic rings. The Hall–Kier alpha value is -0.970. The van der Waals surface area contributed by atoms with E-state index in [0.717, 1.165) is 6.08 Å². The van der Waals surface area contributed by atoms with E-state index in [1.807, 2.05) is 0 Å². The van der Waals surface area contributed by atoms with Gasteiger partial charge in [0.25, 0.3) is 0 Å². The molecule has 0 saturated carbocycles. The molecule has 0 spiro atoms. The SMILES string of the molecule is CC1(N)C=C(F)C(N)=C(F)C1F. The second kappa shape index (κ2) is 2.52. The Balaban J connectivity index is 3.15. The molecule has 2 nitrogen and oxygen atoms in total. The largest absolute Gasteiger partial charge is 0.394 e. The van der Waals surface area contributed by atoms with Crippen LogP contribution in [0.3, 0.4) is 0 Å². The van der Waals surface area contributed by atoms with E-state index in [2.05, 4.69) is 0 Å². The zero-order valence-corrected chi connectivity index (χ0v) is 6.44. The van der Waals surface area contributed by atoms with E-state index in [4.69, 9.17) is 11.5 Å². The molecule has 12 heavy (non-hydrogen) atoms. The lowest BCUT2D eigenvalue weighted by Crippen LogP contribution is -2.47. The van der Waals surface area contributed by atoms with Crippen LogP contribution in [0, 0.1) is 0 Å². The molecule has 2 unspecified atom stereocenters. The topological polar surface area (TPSA) is 52.0 Å². The first-order valence-electron chi connectivity index (χ1n) is 3.33. The fourth-order valence-electron chi connectivity index (χ4n) is 0.948. The minimum atomic E-state index is -2.07. The highest BCUT2D eigenvalue weighted by Crippen LogP contribution is 2.31. The lowest BCUT2D eigenvalue weighted by Gasteiger charge is -2.28. The molecular weight excluding hydrogens is 169 g/mol. The van der Waals surface area contributed by atoms with Gasteiger partial charge in [0.15, 0.2) is 12.0 Å². The number of alkyl halides is 1. The van der Waals surface area contributed by atoms with E-state index in [0.29, 0.717) is 0 Å². The van der Waals surface area contributed by atoms with Crippen LogP contribution in [-0.2, 0) is 0 Å². The molecule has 4 N–H and O–H groups in total. The average Bonchev–Trinajstić information content (AvgIpc) is 1.97. The van der Waals surface area contributed by atoms with Crippen LogP contribution in [0.2, 0.25) is 0 Å². The van der Waals surface area contributed by atoms with Crippen LogP contribution in [-0.4, -0.2) is 11.7 Å². The van der Waals surface area contributed by atoms with Crippen LogP contribution >= 0.6 is 0 Å². The van der Waals surface area contributed by atoms with E-state index in [1.165, 1.54) is 6.92 Å². The number of allylic oxidation sites excluding steroid dienone is 1. The van der Waals surface area contributed by atoms with E-state index in [-0.39, 0.29) is 0 Å². The van der Waals surface area contributed by atoms with Gasteiger partial charge >= 0.3 is 0 Å². The van der Waals surface area contributed by atoms with Crippen LogP contribution < -0.4 is 11.5 Å². The summed E-state index contributed by atoms with van der Waals surface area (Å²) in [6, 6.07) is 0. The fraction of sp³-hybridized carbons (Fsp3) is 0.429. The van der Waals surface area contributed by atoms with Crippen LogP contribution in [0.15, 0.2) is 23.4 Å². The van der Waals surface area contributed by atoms with Gasteiger partial charge in [-0.15, -0.1) is 0 Å². The summed E-state index contributed by atoms with van der Waals surface area (Å²) in [4.78, 5) is 0. The standard InChI is InChI=1S/C7H9F3N2/c1-7(12)2-3(8)5(11)4(9)6(7)10/h2,6H,11-12H2,1H3. The maximum absolute atomic E-state index is 12.9. The highest BCUT2D eigenvalue weighted by Gasteiger charge is 2.38. The van der Waals surface area contributed by atoms with Gasteiger partial charge in [-0.25, -0.2) is 13.2 Å². The number of hydrogen-bond acceptors (Lipinski definition) is 2. The van der Waals surface area contributed by atoms with Crippen LogP contribution in [0.25, 0.3) is 0 Å². The molecule has 68 valence electrons. The summed E-state index contributed by atoms with van der Waals surface area (Å²) in [7, 11) is 0. The predicted molar refractivity (Wildman–Crippen MR) is 39.0 cm³/mol. The van der Waals surface area contributed by atoms with Gasteiger partial charge in [0, 0.05) is 0 Å². The molecule has 0 saturated heterocycles. The Morgan fingerprint density at radius 2 is 2.00 bits per heavy atom. The normalized spacial score (nSPS) is 36.8. The summed E-state index contributed by atoms with van der Waals surface area (Å²) >= 11 is 0. The molecule has 1 rings (SSSR count). The first-order chi connectivity index (χ1) is 5.36. The lowest BCUT2D eigenvalue weighted by atomic mass is 9.90. The Labute approximate surface area is 67.7 Å². The lowest BCUT2D eigenvalue weighted by molar-refractivity contribution is 0.232. The third-order valence-electron chi connectivity index (χ3n) is 1.72. The zero-order chi connectivity index (χ0) is 9.52. The van der Waals surface area contributed by atoms with Gasteiger partial charge in [-0.1, -0.05) is 0 Å². The van der Waals surface area contributed by atoms with Gasteiger partial charge in [-0.2, -0.15) is 0 Å². The van der Waals surface area contributed by atoms with E-state index in [1.54, 1.807) is 0 Å². The molecule has 0 amide bonds. The molecule has 2 atom stereocenters. The van der Waals surface area contributed by atoms with Crippen molar-refractivity contribution in [2.75, 3.05) is 0 Å². The Kier molecular flexibility index (Phi) is 1.91. The molecule has 1 aliphatic carbocycles. The van der Waals surface area contributed by atoms with Crippen molar-refractivity contribution in [3.8, 4) is 0 Å². The van der Waals surface area contributed by atoms with E-state index < -0.39 is 29.1 Å². The first-order valence-corrected chi connectivity index (χ1v) is 3.33. The molecule has 0 heterocycles. The van der Waals surface area contributed by atoms with Crippen LogP contribution in [0.5, 0.6) is 0 Å². The second-order valence-electron chi connectivity index (χ2n) is 2.98. The molecule has 5 heteroatoms. The summed E-state index contributed by atoms with van der Waals surface area (Å²) in [5.74, 6) is -2.34. The summed E-state index contributed by atoms with van der Waals surface area (Å²) < 4.78 is 38.4. The first kappa shape index (κ1) is 9.12. The number of rotatable bonds is 0. The van der Waals surface area contributed by atoms with Crippen molar-refractivity contribution in [2.45, 2.75) is 18.6 Å². The summed E-state index contributed by atoms with van der Waals surface area (Å²) in [6.07, 6.45) is -1.30. The zero-order valence-electron chi connectivity index (χ0n) is 6.44. The van der Waals surface area contributed by atoms with Crippen LogP contribution in [0.4, 0.5) is 13.2 Å². The molecule has 0 aliphatic heterocycles. The van der Waals surface area contributed by atoms with Gasteiger partial charge in [-0.3, -0.25) is 0 Å². The highest BCUT2D eigenvalue weighted by molar-refractivity contribution is 5.37. The summed E-state index contributed by atoms with van der Waals surface area (Å²) in [6.45, 7) is 1.18. The van der Waals surface area contributed by atoms with Crippen molar-refractivity contribution in [3.05, 3.63) is 23.4 Å². The quantitative estimate of drug-likeness (QED) is 0.582. The molecular formula is C7H9F3N2. The fourth-order valence-corrected chi connectivity index (χ4v) is 0.948. The van der Waals surface area contributed by atoms with Crippen molar-refractivity contribution >= 4 is 0 Å². The Bertz CT molecular complexity index is 268. The minimum absolute atomic E-state index is 0.774. The van der Waals surface area contributed by atoms with Crippen LogP contribution in [0.1, 0.15) is 6.92 Å². The molecule has 0 radical (unpaired) electrons. The van der Waals surface area contributed by atoms with Crippen molar-refractivity contribution in [1.82, 2.24) is 0 Å².